The van der Waals surface area contributed by atoms with Gasteiger partial charge in [-0.2, -0.15) is 0 Å². The maximum Gasteiger partial charge on any atom is 0.118 e. The molecule has 1 unspecified atom stereocenters. The van der Waals surface area contributed by atoms with Crippen molar-refractivity contribution in [3.8, 4) is 5.75 Å². The second-order valence-electron chi connectivity index (χ2n) is 6.89. The maximum atomic E-state index is 10.2. The predicted octanol–water partition coefficient (Wildman–Crippen LogP) is 4.64. The van der Waals surface area contributed by atoms with Crippen molar-refractivity contribution in [2.45, 2.75) is 31.8 Å². The van der Waals surface area contributed by atoms with E-state index in [-0.39, 0.29) is 0 Å². The molecule has 0 saturated heterocycles. The summed E-state index contributed by atoms with van der Waals surface area (Å²) in [6.07, 6.45) is 3.36. The smallest absolute Gasteiger partial charge is 0.118 e. The van der Waals surface area contributed by atoms with Crippen LogP contribution in [0.25, 0.3) is 0 Å². The first kappa shape index (κ1) is 23.8. The fourth-order valence-corrected chi connectivity index (χ4v) is 3.37. The molecule has 5 nitrogen and oxygen atoms in total. The standard InChI is InChI=1S/C22H30Cl2N2O3/c1-28-18-7-5-16(6-8-18)9-12-29-11-4-2-3-10-26-15-21(27)17-13-19(23)22(25)20(24)14-17/h5-8,13-14,21,26-27H,2-4,9-12,15,25H2,1H3. The summed E-state index contributed by atoms with van der Waals surface area (Å²) >= 11 is 12.0. The Labute approximate surface area is 183 Å². The Kier molecular flexibility index (Phi) is 10.6. The lowest BCUT2D eigenvalue weighted by molar-refractivity contribution is 0.132. The summed E-state index contributed by atoms with van der Waals surface area (Å²) in [5.41, 5.74) is 7.96. The van der Waals surface area contributed by atoms with Gasteiger partial charge < -0.3 is 25.6 Å². The lowest BCUT2D eigenvalue weighted by atomic mass is 10.1. The van der Waals surface area contributed by atoms with E-state index in [1.807, 2.05) is 12.1 Å². The van der Waals surface area contributed by atoms with E-state index in [2.05, 4.69) is 17.4 Å². The molecule has 0 aliphatic rings. The number of hydrogen-bond donors (Lipinski definition) is 3. The third kappa shape index (κ3) is 8.41. The van der Waals surface area contributed by atoms with Crippen LogP contribution in [-0.2, 0) is 11.2 Å². The highest BCUT2D eigenvalue weighted by Crippen LogP contribution is 2.31. The highest BCUT2D eigenvalue weighted by atomic mass is 35.5. The number of rotatable bonds is 13. The average molecular weight is 441 g/mol. The van der Waals surface area contributed by atoms with E-state index in [0.29, 0.717) is 27.8 Å². The minimum Gasteiger partial charge on any atom is -0.497 e. The molecule has 0 spiro atoms. The summed E-state index contributed by atoms with van der Waals surface area (Å²) in [6, 6.07) is 11.4. The second kappa shape index (κ2) is 12.9. The van der Waals surface area contributed by atoms with E-state index < -0.39 is 6.10 Å². The van der Waals surface area contributed by atoms with E-state index in [4.69, 9.17) is 38.4 Å². The van der Waals surface area contributed by atoms with Crippen LogP contribution in [0.2, 0.25) is 10.0 Å². The molecule has 2 rings (SSSR count). The number of hydrogen-bond acceptors (Lipinski definition) is 5. The number of unbranched alkanes of at least 4 members (excludes halogenated alkanes) is 2. The van der Waals surface area contributed by atoms with Crippen LogP contribution in [0.4, 0.5) is 5.69 Å². The molecule has 0 aliphatic heterocycles. The first-order chi connectivity index (χ1) is 14.0. The first-order valence-electron chi connectivity index (χ1n) is 9.85. The molecule has 0 aromatic heterocycles. The van der Waals surface area contributed by atoms with E-state index >= 15 is 0 Å². The van der Waals surface area contributed by atoms with Gasteiger partial charge in [-0.15, -0.1) is 0 Å². The average Bonchev–Trinajstić information content (AvgIpc) is 2.73. The van der Waals surface area contributed by atoms with E-state index in [1.54, 1.807) is 19.2 Å². The number of nitrogens with two attached hydrogens (primary N) is 1. The lowest BCUT2D eigenvalue weighted by Gasteiger charge is -2.14. The molecule has 0 saturated carbocycles. The maximum absolute atomic E-state index is 10.2. The van der Waals surface area contributed by atoms with E-state index in [9.17, 15) is 5.11 Å². The third-order valence-electron chi connectivity index (χ3n) is 4.66. The largest absolute Gasteiger partial charge is 0.497 e. The monoisotopic (exact) mass is 440 g/mol. The van der Waals surface area contributed by atoms with Crippen LogP contribution in [0.1, 0.15) is 36.5 Å². The zero-order valence-electron chi connectivity index (χ0n) is 16.8. The van der Waals surface area contributed by atoms with Crippen LogP contribution >= 0.6 is 23.2 Å². The van der Waals surface area contributed by atoms with Crippen molar-refractivity contribution in [1.29, 1.82) is 0 Å². The molecule has 0 radical (unpaired) electrons. The molecule has 2 aromatic rings. The van der Waals surface area contributed by atoms with Gasteiger partial charge in [-0.25, -0.2) is 0 Å². The topological polar surface area (TPSA) is 76.7 Å². The molecule has 7 heteroatoms. The number of ether oxygens (including phenoxy) is 2. The number of aliphatic hydroxyl groups is 1. The van der Waals surface area contributed by atoms with Crippen LogP contribution < -0.4 is 15.8 Å². The van der Waals surface area contributed by atoms with Gasteiger partial charge in [0.2, 0.25) is 0 Å². The van der Waals surface area contributed by atoms with Crippen molar-refractivity contribution in [3.05, 3.63) is 57.6 Å². The Morgan fingerprint density at radius 2 is 1.72 bits per heavy atom. The van der Waals surface area contributed by atoms with Gasteiger partial charge in [0.15, 0.2) is 0 Å². The van der Waals surface area contributed by atoms with Gasteiger partial charge in [0.25, 0.3) is 0 Å². The van der Waals surface area contributed by atoms with Crippen molar-refractivity contribution < 1.29 is 14.6 Å². The normalized spacial score (nSPS) is 12.1. The highest BCUT2D eigenvalue weighted by Gasteiger charge is 2.11. The molecule has 2 aromatic carbocycles. The molecule has 0 heterocycles. The first-order valence-corrected chi connectivity index (χ1v) is 10.6. The van der Waals surface area contributed by atoms with Gasteiger partial charge in [0, 0.05) is 13.2 Å². The van der Waals surface area contributed by atoms with E-state index in [0.717, 1.165) is 51.2 Å². The fourth-order valence-electron chi connectivity index (χ4n) is 2.87. The van der Waals surface area contributed by atoms with Gasteiger partial charge in [-0.1, -0.05) is 35.3 Å². The number of halogens is 2. The van der Waals surface area contributed by atoms with Crippen LogP contribution in [-0.4, -0.2) is 38.5 Å². The van der Waals surface area contributed by atoms with Gasteiger partial charge in [0.1, 0.15) is 5.75 Å². The van der Waals surface area contributed by atoms with Crippen LogP contribution in [0.15, 0.2) is 36.4 Å². The van der Waals surface area contributed by atoms with Crippen LogP contribution in [0.3, 0.4) is 0 Å². The van der Waals surface area contributed by atoms with Gasteiger partial charge >= 0.3 is 0 Å². The number of nitrogens with one attached hydrogen (secondary N) is 1. The molecule has 29 heavy (non-hydrogen) atoms. The van der Waals surface area contributed by atoms with Crippen molar-refractivity contribution >= 4 is 28.9 Å². The highest BCUT2D eigenvalue weighted by molar-refractivity contribution is 6.38. The summed E-state index contributed by atoms with van der Waals surface area (Å²) in [6.45, 7) is 2.76. The van der Waals surface area contributed by atoms with Crippen molar-refractivity contribution in [2.24, 2.45) is 0 Å². The molecular weight excluding hydrogens is 411 g/mol. The molecule has 4 N–H and O–H groups in total. The number of anilines is 1. The van der Waals surface area contributed by atoms with Crippen LogP contribution in [0, 0.1) is 0 Å². The van der Waals surface area contributed by atoms with Crippen molar-refractivity contribution in [1.82, 2.24) is 5.32 Å². The second-order valence-corrected chi connectivity index (χ2v) is 7.70. The summed E-state index contributed by atoms with van der Waals surface area (Å²) in [5.74, 6) is 0.872. The summed E-state index contributed by atoms with van der Waals surface area (Å²) in [5, 5.41) is 14.2. The summed E-state index contributed by atoms with van der Waals surface area (Å²) in [4.78, 5) is 0. The molecule has 160 valence electrons. The number of methoxy groups -OCH3 is 1. The molecule has 0 fully saturated rings. The zero-order chi connectivity index (χ0) is 21.1. The van der Waals surface area contributed by atoms with Crippen molar-refractivity contribution in [2.75, 3.05) is 39.1 Å². The van der Waals surface area contributed by atoms with Crippen molar-refractivity contribution in [3.63, 3.8) is 0 Å². The number of aliphatic hydroxyl groups excluding tert-OH is 1. The minimum atomic E-state index is -0.674. The number of nitrogen functional groups attached to an aromatic ring is 1. The predicted molar refractivity (Wildman–Crippen MR) is 120 cm³/mol. The van der Waals surface area contributed by atoms with E-state index in [1.165, 1.54) is 5.56 Å². The molecule has 0 bridgehead atoms. The Bertz CT molecular complexity index is 718. The van der Waals surface area contributed by atoms with Crippen LogP contribution in [0.5, 0.6) is 5.75 Å². The van der Waals surface area contributed by atoms with Gasteiger partial charge in [0.05, 0.1) is 35.6 Å². The molecule has 1 atom stereocenters. The fraction of sp³-hybridized carbons (Fsp3) is 0.455. The SMILES string of the molecule is COc1ccc(CCOCCCCCNCC(O)c2cc(Cl)c(N)c(Cl)c2)cc1. The minimum absolute atomic E-state index is 0.337. The quantitative estimate of drug-likeness (QED) is 0.312. The Morgan fingerprint density at radius 1 is 1.03 bits per heavy atom. The summed E-state index contributed by atoms with van der Waals surface area (Å²) < 4.78 is 10.9. The number of benzene rings is 2. The molecule has 0 amide bonds. The molecule has 0 aliphatic carbocycles. The van der Waals surface area contributed by atoms with Gasteiger partial charge in [-0.05, 0) is 67.6 Å². The zero-order valence-corrected chi connectivity index (χ0v) is 18.3. The Hall–Kier alpha value is -1.50. The lowest BCUT2D eigenvalue weighted by Crippen LogP contribution is -2.22. The third-order valence-corrected chi connectivity index (χ3v) is 5.29. The summed E-state index contributed by atoms with van der Waals surface area (Å²) in [7, 11) is 1.67. The van der Waals surface area contributed by atoms with Gasteiger partial charge in [-0.3, -0.25) is 0 Å². The Morgan fingerprint density at radius 3 is 2.38 bits per heavy atom. The Balaban J connectivity index is 1.48. The molecular formula is C22H30Cl2N2O3.